The van der Waals surface area contributed by atoms with E-state index < -0.39 is 0 Å². The number of aryl methyl sites for hydroxylation is 2. The lowest BCUT2D eigenvalue weighted by molar-refractivity contribution is -0.168. The first-order valence-electron chi connectivity index (χ1n) is 8.42. The molecule has 122 valence electrons. The van der Waals surface area contributed by atoms with Crippen molar-refractivity contribution in [2.24, 2.45) is 5.41 Å². The summed E-state index contributed by atoms with van der Waals surface area (Å²) in [6, 6.07) is 0.571. The lowest BCUT2D eigenvalue weighted by Gasteiger charge is -2.54. The smallest absolute Gasteiger partial charge is 0.232 e. The number of rotatable bonds is 4. The van der Waals surface area contributed by atoms with E-state index in [4.69, 9.17) is 4.52 Å². The van der Waals surface area contributed by atoms with Gasteiger partial charge in [-0.25, -0.2) is 0 Å². The zero-order valence-corrected chi connectivity index (χ0v) is 14.2. The van der Waals surface area contributed by atoms with Crippen molar-refractivity contribution < 1.29 is 9.32 Å². The molecule has 2 aliphatic rings. The fourth-order valence-electron chi connectivity index (χ4n) is 3.90. The first-order chi connectivity index (χ1) is 10.5. The second-order valence-corrected chi connectivity index (χ2v) is 7.08. The Hall–Kier alpha value is -1.36. The summed E-state index contributed by atoms with van der Waals surface area (Å²) in [5.41, 5.74) is 1.84. The number of nitrogens with zero attached hydrogens (tertiary/aromatic N) is 3. The maximum atomic E-state index is 12.8. The van der Waals surface area contributed by atoms with Gasteiger partial charge in [0, 0.05) is 24.7 Å². The molecular weight excluding hydrogens is 278 g/mol. The molecule has 2 atom stereocenters. The molecule has 1 amide bonds. The molecule has 5 heteroatoms. The number of carbonyl (C=O) groups excluding carboxylic acids is 1. The Morgan fingerprint density at radius 3 is 2.73 bits per heavy atom. The minimum Gasteiger partial charge on any atom is -0.361 e. The van der Waals surface area contributed by atoms with E-state index in [0.29, 0.717) is 18.5 Å². The second-order valence-electron chi connectivity index (χ2n) is 7.08. The second kappa shape index (κ2) is 5.69. The normalized spacial score (nSPS) is 27.3. The van der Waals surface area contributed by atoms with Crippen molar-refractivity contribution in [3.05, 3.63) is 17.0 Å². The molecule has 0 N–H and O–H groups in total. The van der Waals surface area contributed by atoms with Gasteiger partial charge in [-0.3, -0.25) is 9.69 Å². The summed E-state index contributed by atoms with van der Waals surface area (Å²) in [4.78, 5) is 17.3. The zero-order valence-electron chi connectivity index (χ0n) is 14.2. The molecule has 0 aliphatic carbocycles. The van der Waals surface area contributed by atoms with Gasteiger partial charge >= 0.3 is 0 Å². The molecule has 0 saturated carbocycles. The Morgan fingerprint density at radius 2 is 2.14 bits per heavy atom. The van der Waals surface area contributed by atoms with E-state index in [1.54, 1.807) is 0 Å². The number of carbonyl (C=O) groups is 1. The van der Waals surface area contributed by atoms with Crippen LogP contribution in [0.3, 0.4) is 0 Å². The molecule has 0 aromatic carbocycles. The summed E-state index contributed by atoms with van der Waals surface area (Å²) in [5, 5.41) is 3.98. The van der Waals surface area contributed by atoms with E-state index >= 15 is 0 Å². The van der Waals surface area contributed by atoms with Crippen molar-refractivity contribution >= 4 is 5.91 Å². The molecule has 0 radical (unpaired) electrons. The van der Waals surface area contributed by atoms with Crippen LogP contribution < -0.4 is 0 Å². The van der Waals surface area contributed by atoms with Crippen LogP contribution in [0.25, 0.3) is 0 Å². The highest BCUT2D eigenvalue weighted by atomic mass is 16.5. The van der Waals surface area contributed by atoms with Gasteiger partial charge < -0.3 is 9.42 Å². The number of hydrogen-bond donors (Lipinski definition) is 0. The van der Waals surface area contributed by atoms with E-state index in [9.17, 15) is 4.79 Å². The highest BCUT2D eigenvalue weighted by molar-refractivity contribution is 5.89. The highest BCUT2D eigenvalue weighted by Crippen LogP contribution is 2.42. The highest BCUT2D eigenvalue weighted by Gasteiger charge is 2.54. The summed E-state index contributed by atoms with van der Waals surface area (Å²) >= 11 is 0. The Kier molecular flexibility index (Phi) is 4.02. The fourth-order valence-corrected chi connectivity index (χ4v) is 3.90. The molecular formula is C17H27N3O2. The maximum absolute atomic E-state index is 12.8. The minimum absolute atomic E-state index is 0.124. The van der Waals surface area contributed by atoms with Crippen LogP contribution in [0.1, 0.15) is 50.1 Å². The standard InChI is InChI=1S/C17H27N3O2/c1-5-12(2)19-8-6-7-17(10-19)11-20(16(17)21)9-15-13(3)18-22-14(15)4/h12H,5-11H2,1-4H3/t12-,17+/m1/s1. The van der Waals surface area contributed by atoms with Crippen molar-refractivity contribution in [1.82, 2.24) is 15.0 Å². The molecule has 2 saturated heterocycles. The van der Waals surface area contributed by atoms with E-state index in [0.717, 1.165) is 55.9 Å². The predicted molar refractivity (Wildman–Crippen MR) is 84.4 cm³/mol. The van der Waals surface area contributed by atoms with Crippen LogP contribution in [-0.4, -0.2) is 46.5 Å². The van der Waals surface area contributed by atoms with Gasteiger partial charge in [-0.15, -0.1) is 0 Å². The Morgan fingerprint density at radius 1 is 1.36 bits per heavy atom. The van der Waals surface area contributed by atoms with Gasteiger partial charge in [0.15, 0.2) is 0 Å². The van der Waals surface area contributed by atoms with Crippen LogP contribution in [0.15, 0.2) is 4.52 Å². The van der Waals surface area contributed by atoms with Crippen LogP contribution in [0.4, 0.5) is 0 Å². The van der Waals surface area contributed by atoms with Gasteiger partial charge in [0.1, 0.15) is 5.76 Å². The molecule has 1 aromatic rings. The van der Waals surface area contributed by atoms with Crippen LogP contribution in [-0.2, 0) is 11.3 Å². The van der Waals surface area contributed by atoms with Gasteiger partial charge in [-0.05, 0) is 46.6 Å². The molecule has 1 aromatic heterocycles. The minimum atomic E-state index is -0.124. The van der Waals surface area contributed by atoms with Crippen molar-refractivity contribution in [3.8, 4) is 0 Å². The third kappa shape index (κ3) is 2.45. The third-order valence-electron chi connectivity index (χ3n) is 5.59. The van der Waals surface area contributed by atoms with Gasteiger partial charge in [0.05, 0.1) is 17.7 Å². The molecule has 0 unspecified atom stereocenters. The Balaban J connectivity index is 1.66. The van der Waals surface area contributed by atoms with Gasteiger partial charge in [0.25, 0.3) is 0 Å². The van der Waals surface area contributed by atoms with Gasteiger partial charge in [-0.2, -0.15) is 0 Å². The molecule has 2 fully saturated rings. The first-order valence-corrected chi connectivity index (χ1v) is 8.42. The van der Waals surface area contributed by atoms with Gasteiger partial charge in [-0.1, -0.05) is 12.1 Å². The quantitative estimate of drug-likeness (QED) is 0.802. The fraction of sp³-hybridized carbons (Fsp3) is 0.765. The van der Waals surface area contributed by atoms with E-state index in [-0.39, 0.29) is 5.41 Å². The van der Waals surface area contributed by atoms with Gasteiger partial charge in [0.2, 0.25) is 5.91 Å². The van der Waals surface area contributed by atoms with Crippen LogP contribution in [0.5, 0.6) is 0 Å². The number of likely N-dealkylation sites (tertiary alicyclic amines) is 2. The largest absolute Gasteiger partial charge is 0.361 e. The first kappa shape index (κ1) is 15.5. The summed E-state index contributed by atoms with van der Waals surface area (Å²) in [7, 11) is 0. The van der Waals surface area contributed by atoms with Crippen molar-refractivity contribution in [1.29, 1.82) is 0 Å². The number of aromatic nitrogens is 1. The molecule has 0 bridgehead atoms. The summed E-state index contributed by atoms with van der Waals surface area (Å²) in [5.74, 6) is 1.15. The van der Waals surface area contributed by atoms with E-state index in [2.05, 4.69) is 23.9 Å². The summed E-state index contributed by atoms with van der Waals surface area (Å²) in [6.45, 7) is 11.9. The van der Waals surface area contributed by atoms with Crippen LogP contribution in [0, 0.1) is 19.3 Å². The average molecular weight is 305 g/mol. The van der Waals surface area contributed by atoms with Crippen molar-refractivity contribution in [2.75, 3.05) is 19.6 Å². The van der Waals surface area contributed by atoms with E-state index in [1.165, 1.54) is 0 Å². The molecule has 3 heterocycles. The molecule has 5 nitrogen and oxygen atoms in total. The maximum Gasteiger partial charge on any atom is 0.232 e. The third-order valence-corrected chi connectivity index (χ3v) is 5.59. The van der Waals surface area contributed by atoms with Crippen molar-refractivity contribution in [2.45, 2.75) is 59.5 Å². The predicted octanol–water partition coefficient (Wildman–Crippen LogP) is 2.51. The molecule has 1 spiro atoms. The molecule has 2 aliphatic heterocycles. The van der Waals surface area contributed by atoms with Crippen molar-refractivity contribution in [3.63, 3.8) is 0 Å². The summed E-state index contributed by atoms with van der Waals surface area (Å²) < 4.78 is 5.20. The van der Waals surface area contributed by atoms with Crippen LogP contribution >= 0.6 is 0 Å². The lowest BCUT2D eigenvalue weighted by Crippen LogP contribution is -2.67. The molecule has 3 rings (SSSR count). The topological polar surface area (TPSA) is 49.6 Å². The SMILES string of the molecule is CC[C@@H](C)N1CCC[C@@]2(CN(Cc3c(C)noc3C)C2=O)C1. The number of hydrogen-bond acceptors (Lipinski definition) is 4. The summed E-state index contributed by atoms with van der Waals surface area (Å²) in [6.07, 6.45) is 3.32. The monoisotopic (exact) mass is 305 g/mol. The number of piperidine rings is 1. The Bertz CT molecular complexity index is 549. The van der Waals surface area contributed by atoms with Crippen LogP contribution in [0.2, 0.25) is 0 Å². The zero-order chi connectivity index (χ0) is 15.9. The number of β-lactam (4-membered cyclic amide) rings is 1. The Labute approximate surface area is 132 Å². The lowest BCUT2D eigenvalue weighted by atomic mass is 9.72. The average Bonchev–Trinajstić information content (AvgIpc) is 2.85. The number of amides is 1. The van der Waals surface area contributed by atoms with E-state index in [1.807, 2.05) is 18.7 Å². The molecule has 22 heavy (non-hydrogen) atoms.